The highest BCUT2D eigenvalue weighted by Gasteiger charge is 2.67. The summed E-state index contributed by atoms with van der Waals surface area (Å²) < 4.78 is 22.4. The Bertz CT molecular complexity index is 2490. The van der Waals surface area contributed by atoms with E-state index in [4.69, 9.17) is 16.3 Å². The molecule has 0 spiro atoms. The molecule has 1 aromatic heterocycles. The van der Waals surface area contributed by atoms with Crippen LogP contribution in [0.4, 0.5) is 10.1 Å². The van der Waals surface area contributed by atoms with E-state index in [0.717, 1.165) is 36.8 Å². The number of nitriles is 1. The van der Waals surface area contributed by atoms with E-state index in [-0.39, 0.29) is 89.8 Å². The molecule has 60 heavy (non-hydrogen) atoms. The second-order valence-electron chi connectivity index (χ2n) is 18.1. The fourth-order valence-electron chi connectivity index (χ4n) is 10.7. The van der Waals surface area contributed by atoms with Crippen LogP contribution in [0, 0.1) is 45.7 Å². The lowest BCUT2D eigenvalue weighted by molar-refractivity contribution is -0.199. The quantitative estimate of drug-likeness (QED) is 0.220. The van der Waals surface area contributed by atoms with Crippen molar-refractivity contribution in [2.75, 3.05) is 31.1 Å². The molecule has 4 aliphatic heterocycles. The number of nitrogens with zero attached hydrogens (tertiary/aromatic N) is 6. The summed E-state index contributed by atoms with van der Waals surface area (Å²) in [5.74, 6) is 4.78. The molecule has 3 amide bonds. The van der Waals surface area contributed by atoms with Gasteiger partial charge in [-0.1, -0.05) is 45.2 Å². The van der Waals surface area contributed by atoms with Gasteiger partial charge in [0, 0.05) is 97.8 Å². The smallest absolute Gasteiger partial charge is 0.262 e. The number of amides is 3. The summed E-state index contributed by atoms with van der Waals surface area (Å²) in [5.41, 5.74) is 1.33. The molecule has 12 nitrogen and oxygen atoms in total. The van der Waals surface area contributed by atoms with Crippen LogP contribution in [0.1, 0.15) is 108 Å². The standard InChI is InChI=1S/C46H44ClFN6O6/c1-45(2)43(46(3,4)44(45)60-30-12-9-26(18-49)35(47)17-30)53-24-34-33(40(53)57)19-50-36(39(34)48)14-8-25-20-51(21-25)28-22-52(23-28)27-10-13-31-32(16-27)42(59)54(41(31)58)37-15-11-29(55)6-5-7-38(37)56/h9-10,12-13,16-17,19,25,28,37,43-44H,5-7,11,15,20-24H2,1-4H3. The van der Waals surface area contributed by atoms with Gasteiger partial charge in [0.2, 0.25) is 0 Å². The lowest BCUT2D eigenvalue weighted by Crippen LogP contribution is -2.74. The highest BCUT2D eigenvalue weighted by molar-refractivity contribution is 6.31. The van der Waals surface area contributed by atoms with Crippen LogP contribution < -0.4 is 9.64 Å². The molecule has 308 valence electrons. The minimum absolute atomic E-state index is 0.0262. The summed E-state index contributed by atoms with van der Waals surface area (Å²) in [6, 6.07) is 11.3. The Balaban J connectivity index is 0.796. The van der Waals surface area contributed by atoms with Gasteiger partial charge < -0.3 is 14.5 Å². The molecule has 6 aliphatic rings. The first-order chi connectivity index (χ1) is 28.6. The Morgan fingerprint density at radius 2 is 1.62 bits per heavy atom. The minimum atomic E-state index is -0.915. The van der Waals surface area contributed by atoms with Crippen LogP contribution in [0.15, 0.2) is 42.6 Å². The largest absolute Gasteiger partial charge is 0.489 e. The molecule has 1 atom stereocenters. The third-order valence-electron chi connectivity index (χ3n) is 13.5. The molecule has 0 radical (unpaired) electrons. The zero-order valence-electron chi connectivity index (χ0n) is 33.9. The maximum absolute atomic E-state index is 16.0. The minimum Gasteiger partial charge on any atom is -0.489 e. The predicted octanol–water partition coefficient (Wildman–Crippen LogP) is 5.82. The summed E-state index contributed by atoms with van der Waals surface area (Å²) in [7, 11) is 0. The number of fused-ring (bicyclic) bond motifs is 2. The number of rotatable bonds is 6. The number of halogens is 2. The Morgan fingerprint density at radius 3 is 2.33 bits per heavy atom. The number of benzene rings is 2. The molecule has 5 heterocycles. The summed E-state index contributed by atoms with van der Waals surface area (Å²) >= 11 is 6.26. The van der Waals surface area contributed by atoms with Crippen molar-refractivity contribution < 1.29 is 33.1 Å². The maximum Gasteiger partial charge on any atom is 0.262 e. The van der Waals surface area contributed by atoms with Crippen LogP contribution in [0.25, 0.3) is 0 Å². The Kier molecular flexibility index (Phi) is 9.64. The second-order valence-corrected chi connectivity index (χ2v) is 18.6. The van der Waals surface area contributed by atoms with Gasteiger partial charge in [0.15, 0.2) is 11.6 Å². The second kappa shape index (κ2) is 14.5. The number of carbonyl (C=O) groups is 5. The van der Waals surface area contributed by atoms with Gasteiger partial charge in [-0.3, -0.25) is 33.8 Å². The number of hydrogen-bond acceptors (Lipinski definition) is 10. The van der Waals surface area contributed by atoms with E-state index in [1.54, 1.807) is 35.2 Å². The zero-order chi connectivity index (χ0) is 42.4. The van der Waals surface area contributed by atoms with Crippen LogP contribution in [-0.4, -0.2) is 99.4 Å². The van der Waals surface area contributed by atoms with Crippen molar-refractivity contribution in [2.24, 2.45) is 16.7 Å². The van der Waals surface area contributed by atoms with Gasteiger partial charge in [0.05, 0.1) is 39.9 Å². The topological polar surface area (TPSA) is 144 Å². The number of ether oxygens (including phenoxy) is 1. The highest BCUT2D eigenvalue weighted by Crippen LogP contribution is 2.59. The first-order valence-corrected chi connectivity index (χ1v) is 20.9. The molecule has 9 rings (SSSR count). The number of imide groups is 1. The summed E-state index contributed by atoms with van der Waals surface area (Å²) in [6.07, 6.45) is 2.44. The molecular weight excluding hydrogens is 787 g/mol. The Hall–Kier alpha value is -5.63. The fourth-order valence-corrected chi connectivity index (χ4v) is 11.0. The van der Waals surface area contributed by atoms with E-state index >= 15 is 4.39 Å². The van der Waals surface area contributed by atoms with Crippen LogP contribution in [0.2, 0.25) is 5.02 Å². The van der Waals surface area contributed by atoms with E-state index in [0.29, 0.717) is 34.7 Å². The first-order valence-electron chi connectivity index (χ1n) is 20.5. The van der Waals surface area contributed by atoms with E-state index in [9.17, 15) is 29.2 Å². The summed E-state index contributed by atoms with van der Waals surface area (Å²) in [6.45, 7) is 11.1. The normalized spacial score (nSPS) is 25.0. The van der Waals surface area contributed by atoms with Crippen LogP contribution >= 0.6 is 11.6 Å². The van der Waals surface area contributed by atoms with Crippen molar-refractivity contribution in [1.82, 2.24) is 19.7 Å². The number of carbonyl (C=O) groups excluding carboxylic acids is 5. The van der Waals surface area contributed by atoms with Gasteiger partial charge in [-0.15, -0.1) is 0 Å². The number of hydrogen-bond donors (Lipinski definition) is 0. The number of ketones is 2. The molecule has 0 N–H and O–H groups in total. The number of pyridine rings is 1. The maximum atomic E-state index is 16.0. The van der Waals surface area contributed by atoms with Crippen molar-refractivity contribution >= 4 is 46.6 Å². The van der Waals surface area contributed by atoms with Gasteiger partial charge in [-0.2, -0.15) is 5.26 Å². The van der Waals surface area contributed by atoms with Crippen molar-refractivity contribution in [3.63, 3.8) is 0 Å². The molecule has 2 aliphatic carbocycles. The summed E-state index contributed by atoms with van der Waals surface area (Å²) in [4.78, 5) is 77.0. The lowest BCUT2D eigenvalue weighted by Gasteiger charge is -2.65. The molecule has 3 aromatic rings. The van der Waals surface area contributed by atoms with Gasteiger partial charge in [0.1, 0.15) is 29.4 Å². The van der Waals surface area contributed by atoms with Crippen LogP contribution in [0.3, 0.4) is 0 Å². The van der Waals surface area contributed by atoms with E-state index < -0.39 is 34.5 Å². The molecule has 2 aromatic carbocycles. The molecule has 0 bridgehead atoms. The number of likely N-dealkylation sites (tertiary alicyclic amines) is 1. The van der Waals surface area contributed by atoms with E-state index in [1.165, 1.54) is 6.20 Å². The molecule has 14 heteroatoms. The Labute approximate surface area is 352 Å². The highest BCUT2D eigenvalue weighted by atomic mass is 35.5. The number of aromatic nitrogens is 1. The van der Waals surface area contributed by atoms with Crippen LogP contribution in [0.5, 0.6) is 5.75 Å². The monoisotopic (exact) mass is 830 g/mol. The van der Waals surface area contributed by atoms with Crippen molar-refractivity contribution in [1.29, 1.82) is 5.26 Å². The first kappa shape index (κ1) is 39.8. The van der Waals surface area contributed by atoms with Gasteiger partial charge in [0.25, 0.3) is 17.7 Å². The molecule has 2 saturated carbocycles. The molecular formula is C46H44ClFN6O6. The average molecular weight is 831 g/mol. The zero-order valence-corrected chi connectivity index (χ0v) is 34.6. The van der Waals surface area contributed by atoms with Crippen molar-refractivity contribution in [3.05, 3.63) is 86.9 Å². The Morgan fingerprint density at radius 1 is 0.883 bits per heavy atom. The van der Waals surface area contributed by atoms with Crippen LogP contribution in [-0.2, 0) is 16.1 Å². The predicted molar refractivity (Wildman–Crippen MR) is 218 cm³/mol. The van der Waals surface area contributed by atoms with E-state index in [1.807, 2.05) is 33.8 Å². The van der Waals surface area contributed by atoms with Gasteiger partial charge in [-0.05, 0) is 49.1 Å². The number of Topliss-reactive ketones (excluding diaryl/α,β-unsaturated/α-hetero) is 2. The SMILES string of the molecule is CC1(C)C(Oc2ccc(C#N)c(Cl)c2)C(C)(C)C1N1Cc2c(cnc(C#CC3CN(C4CN(c5ccc6c(c5)C(=O)N(C5CCC(=O)CCCC5=O)C6=O)C4)C3)c2F)C1=O. The summed E-state index contributed by atoms with van der Waals surface area (Å²) in [5, 5.41) is 9.55. The molecule has 4 fully saturated rings. The third-order valence-corrected chi connectivity index (χ3v) is 13.8. The van der Waals surface area contributed by atoms with Gasteiger partial charge >= 0.3 is 0 Å². The lowest BCUT2D eigenvalue weighted by atomic mass is 9.49. The van der Waals surface area contributed by atoms with E-state index in [2.05, 4.69) is 32.7 Å². The number of anilines is 1. The third kappa shape index (κ3) is 6.36. The van der Waals surface area contributed by atoms with Crippen molar-refractivity contribution in [3.8, 4) is 23.7 Å². The van der Waals surface area contributed by atoms with Gasteiger partial charge in [-0.25, -0.2) is 9.37 Å². The fraction of sp³-hybridized carbons (Fsp3) is 0.457. The molecule has 2 saturated heterocycles. The molecule has 1 unspecified atom stereocenters. The average Bonchev–Trinajstić information content (AvgIpc) is 3.61. The van der Waals surface area contributed by atoms with Crippen molar-refractivity contribution in [2.45, 2.75) is 90.6 Å².